The molecule has 4 nitrogen and oxygen atoms in total. The molecule has 1 aliphatic rings. The lowest BCUT2D eigenvalue weighted by Gasteiger charge is -2.32. The Bertz CT molecular complexity index is 590. The number of rotatable bonds is 5. The van der Waals surface area contributed by atoms with E-state index in [1.54, 1.807) is 0 Å². The van der Waals surface area contributed by atoms with E-state index in [1.165, 1.54) is 50.3 Å². The van der Waals surface area contributed by atoms with Crippen LogP contribution in [-0.4, -0.2) is 65.3 Å². The van der Waals surface area contributed by atoms with E-state index >= 15 is 0 Å². The zero-order chi connectivity index (χ0) is 15.5. The SMILES string of the molecule is Cc1cc2nc(SCCCN3CCN(C)CC3)[nH]c2cc1C. The first kappa shape index (κ1) is 15.8. The Kier molecular flexibility index (Phi) is 5.06. The quantitative estimate of drug-likeness (QED) is 0.679. The molecule has 0 aliphatic carbocycles. The van der Waals surface area contributed by atoms with Gasteiger partial charge in [0.1, 0.15) is 0 Å². The van der Waals surface area contributed by atoms with Crippen molar-refractivity contribution in [3.63, 3.8) is 0 Å². The summed E-state index contributed by atoms with van der Waals surface area (Å²) in [6.07, 6.45) is 1.23. The first-order valence-corrected chi connectivity index (χ1v) is 9.11. The molecule has 0 amide bonds. The number of hydrogen-bond donors (Lipinski definition) is 1. The summed E-state index contributed by atoms with van der Waals surface area (Å²) >= 11 is 1.84. The largest absolute Gasteiger partial charge is 0.333 e. The second-order valence-corrected chi connectivity index (χ2v) is 7.43. The van der Waals surface area contributed by atoms with Gasteiger partial charge in [0.25, 0.3) is 0 Å². The number of imidazole rings is 1. The molecule has 0 saturated carbocycles. The minimum Gasteiger partial charge on any atom is -0.333 e. The fraction of sp³-hybridized carbons (Fsp3) is 0.588. The molecule has 0 spiro atoms. The fourth-order valence-electron chi connectivity index (χ4n) is 2.84. The number of nitrogens with zero attached hydrogens (tertiary/aromatic N) is 3. The van der Waals surface area contributed by atoms with Crippen molar-refractivity contribution in [2.75, 3.05) is 45.5 Å². The van der Waals surface area contributed by atoms with Crippen molar-refractivity contribution < 1.29 is 0 Å². The molecule has 2 aromatic rings. The van der Waals surface area contributed by atoms with E-state index in [0.29, 0.717) is 0 Å². The van der Waals surface area contributed by atoms with Gasteiger partial charge in [-0.1, -0.05) is 11.8 Å². The van der Waals surface area contributed by atoms with Crippen LogP contribution in [0.5, 0.6) is 0 Å². The standard InChI is InChI=1S/C17H26N4S/c1-13-11-15-16(12-14(13)2)19-17(18-15)22-10-4-5-21-8-6-20(3)7-9-21/h11-12H,4-10H2,1-3H3,(H,18,19). The number of aromatic amines is 1. The highest BCUT2D eigenvalue weighted by molar-refractivity contribution is 7.99. The number of benzene rings is 1. The van der Waals surface area contributed by atoms with Gasteiger partial charge < -0.3 is 14.8 Å². The van der Waals surface area contributed by atoms with E-state index < -0.39 is 0 Å². The summed E-state index contributed by atoms with van der Waals surface area (Å²) in [6, 6.07) is 4.38. The molecule has 0 unspecified atom stereocenters. The second kappa shape index (κ2) is 7.02. The molecular formula is C17H26N4S. The zero-order valence-corrected chi connectivity index (χ0v) is 14.7. The Morgan fingerprint density at radius 1 is 1.14 bits per heavy atom. The Hall–Kier alpha value is -1.04. The third-order valence-corrected chi connectivity index (χ3v) is 5.49. The molecule has 0 atom stereocenters. The van der Waals surface area contributed by atoms with Gasteiger partial charge >= 0.3 is 0 Å². The molecule has 120 valence electrons. The number of H-pyrrole nitrogens is 1. The highest BCUT2D eigenvalue weighted by atomic mass is 32.2. The van der Waals surface area contributed by atoms with Gasteiger partial charge in [0.2, 0.25) is 0 Å². The van der Waals surface area contributed by atoms with E-state index in [0.717, 1.165) is 21.9 Å². The average Bonchev–Trinajstić information content (AvgIpc) is 2.88. The van der Waals surface area contributed by atoms with Crippen LogP contribution in [0.3, 0.4) is 0 Å². The smallest absolute Gasteiger partial charge is 0.166 e. The maximum atomic E-state index is 4.70. The van der Waals surface area contributed by atoms with Crippen molar-refractivity contribution in [3.05, 3.63) is 23.3 Å². The maximum absolute atomic E-state index is 4.70. The Balaban J connectivity index is 1.47. The zero-order valence-electron chi connectivity index (χ0n) is 13.9. The van der Waals surface area contributed by atoms with E-state index in [4.69, 9.17) is 4.98 Å². The van der Waals surface area contributed by atoms with Crippen molar-refractivity contribution in [2.24, 2.45) is 0 Å². The van der Waals surface area contributed by atoms with Crippen LogP contribution < -0.4 is 0 Å². The fourth-order valence-corrected chi connectivity index (χ4v) is 3.65. The molecular weight excluding hydrogens is 292 g/mol. The summed E-state index contributed by atoms with van der Waals surface area (Å²) in [4.78, 5) is 13.1. The van der Waals surface area contributed by atoms with Gasteiger partial charge in [0.05, 0.1) is 11.0 Å². The Labute approximate surface area is 137 Å². The Morgan fingerprint density at radius 3 is 2.64 bits per heavy atom. The lowest BCUT2D eigenvalue weighted by atomic mass is 10.1. The van der Waals surface area contributed by atoms with Crippen LogP contribution in [0.2, 0.25) is 0 Å². The second-order valence-electron chi connectivity index (χ2n) is 6.34. The van der Waals surface area contributed by atoms with Crippen LogP contribution in [-0.2, 0) is 0 Å². The molecule has 3 rings (SSSR count). The molecule has 0 bridgehead atoms. The molecule has 5 heteroatoms. The van der Waals surface area contributed by atoms with Gasteiger partial charge in [-0.05, 0) is 57.1 Å². The number of piperazine rings is 1. The number of hydrogen-bond acceptors (Lipinski definition) is 4. The predicted molar refractivity (Wildman–Crippen MR) is 94.8 cm³/mol. The summed E-state index contributed by atoms with van der Waals surface area (Å²) in [5.41, 5.74) is 4.88. The summed E-state index contributed by atoms with van der Waals surface area (Å²) in [7, 11) is 2.21. The highest BCUT2D eigenvalue weighted by Crippen LogP contribution is 2.22. The molecule has 1 aromatic heterocycles. The molecule has 1 N–H and O–H groups in total. The van der Waals surface area contributed by atoms with Gasteiger partial charge in [-0.3, -0.25) is 0 Å². The van der Waals surface area contributed by atoms with Crippen LogP contribution in [0, 0.1) is 13.8 Å². The van der Waals surface area contributed by atoms with Crippen molar-refractivity contribution in [1.29, 1.82) is 0 Å². The number of nitrogens with one attached hydrogen (secondary N) is 1. The summed E-state index contributed by atoms with van der Waals surface area (Å²) in [5, 5.41) is 1.05. The summed E-state index contributed by atoms with van der Waals surface area (Å²) < 4.78 is 0. The van der Waals surface area contributed by atoms with Crippen LogP contribution >= 0.6 is 11.8 Å². The van der Waals surface area contributed by atoms with Gasteiger partial charge in [-0.15, -0.1) is 0 Å². The van der Waals surface area contributed by atoms with Gasteiger partial charge in [-0.2, -0.15) is 0 Å². The van der Waals surface area contributed by atoms with Crippen molar-refractivity contribution in [2.45, 2.75) is 25.4 Å². The monoisotopic (exact) mass is 318 g/mol. The first-order chi connectivity index (χ1) is 10.6. The first-order valence-electron chi connectivity index (χ1n) is 8.12. The number of thioether (sulfide) groups is 1. The van der Waals surface area contributed by atoms with Crippen LogP contribution in [0.15, 0.2) is 17.3 Å². The molecule has 1 aliphatic heterocycles. The van der Waals surface area contributed by atoms with Crippen molar-refractivity contribution in [3.8, 4) is 0 Å². The lowest BCUT2D eigenvalue weighted by molar-refractivity contribution is 0.154. The number of fused-ring (bicyclic) bond motifs is 1. The minimum atomic E-state index is 1.05. The third kappa shape index (κ3) is 3.83. The van der Waals surface area contributed by atoms with E-state index in [9.17, 15) is 0 Å². The van der Waals surface area contributed by atoms with E-state index in [2.05, 4.69) is 47.8 Å². The van der Waals surface area contributed by atoms with Crippen LogP contribution in [0.25, 0.3) is 11.0 Å². The van der Waals surface area contributed by atoms with Crippen LogP contribution in [0.1, 0.15) is 17.5 Å². The average molecular weight is 318 g/mol. The molecule has 1 fully saturated rings. The summed E-state index contributed by atoms with van der Waals surface area (Å²) in [6.45, 7) is 10.3. The third-order valence-electron chi connectivity index (χ3n) is 4.53. The van der Waals surface area contributed by atoms with E-state index in [-0.39, 0.29) is 0 Å². The predicted octanol–water partition coefficient (Wildman–Crippen LogP) is 2.91. The maximum Gasteiger partial charge on any atom is 0.166 e. The topological polar surface area (TPSA) is 35.2 Å². The van der Waals surface area contributed by atoms with Crippen molar-refractivity contribution >= 4 is 22.8 Å². The summed E-state index contributed by atoms with van der Waals surface area (Å²) in [5.74, 6) is 1.13. The normalized spacial score (nSPS) is 17.4. The number of likely N-dealkylation sites (N-methyl/N-ethyl adjacent to an activating group) is 1. The minimum absolute atomic E-state index is 1.05. The van der Waals surface area contributed by atoms with Gasteiger partial charge in [0.15, 0.2) is 5.16 Å². The van der Waals surface area contributed by atoms with Gasteiger partial charge in [0, 0.05) is 31.9 Å². The Morgan fingerprint density at radius 2 is 1.86 bits per heavy atom. The number of aromatic nitrogens is 2. The van der Waals surface area contributed by atoms with Gasteiger partial charge in [-0.25, -0.2) is 4.98 Å². The highest BCUT2D eigenvalue weighted by Gasteiger charge is 2.13. The number of aryl methyl sites for hydroxylation is 2. The van der Waals surface area contributed by atoms with E-state index in [1.807, 2.05) is 11.8 Å². The molecule has 0 radical (unpaired) electrons. The van der Waals surface area contributed by atoms with Crippen LogP contribution in [0.4, 0.5) is 0 Å². The van der Waals surface area contributed by atoms with Crippen molar-refractivity contribution in [1.82, 2.24) is 19.8 Å². The molecule has 1 aromatic carbocycles. The molecule has 22 heavy (non-hydrogen) atoms. The molecule has 2 heterocycles. The molecule has 1 saturated heterocycles. The lowest BCUT2D eigenvalue weighted by Crippen LogP contribution is -2.44.